The number of aromatic nitrogens is 2. The van der Waals surface area contributed by atoms with Gasteiger partial charge in [0.25, 0.3) is 0 Å². The van der Waals surface area contributed by atoms with Crippen molar-refractivity contribution in [3.8, 4) is 0 Å². The molecule has 0 spiro atoms. The molecule has 1 aliphatic rings. The fourth-order valence-corrected chi connectivity index (χ4v) is 1.88. The molecule has 2 amide bonds. The van der Waals surface area contributed by atoms with Gasteiger partial charge in [0.1, 0.15) is 5.82 Å². The van der Waals surface area contributed by atoms with Crippen LogP contribution in [-0.4, -0.2) is 40.5 Å². The van der Waals surface area contributed by atoms with Gasteiger partial charge in [0.15, 0.2) is 0 Å². The van der Waals surface area contributed by atoms with Crippen LogP contribution in [0.25, 0.3) is 0 Å². The van der Waals surface area contributed by atoms with E-state index in [1.165, 1.54) is 18.1 Å². The summed E-state index contributed by atoms with van der Waals surface area (Å²) in [7, 11) is 1.44. The third kappa shape index (κ3) is 2.20. The number of urea groups is 1. The van der Waals surface area contributed by atoms with Crippen molar-refractivity contribution < 1.29 is 7.54 Å². The molecule has 1 atom stereocenters. The first kappa shape index (κ1) is 9.65. The molecule has 0 bridgehead atoms. The van der Waals surface area contributed by atoms with Crippen molar-refractivity contribution in [2.45, 2.75) is 19.9 Å². The molecule has 1 aromatic heterocycles. The Bertz CT molecular complexity index is 511. The maximum absolute atomic E-state index is 12.3. The molecule has 2 rings (SSSR count). The molecule has 1 unspecified atom stereocenters. The van der Waals surface area contributed by atoms with Gasteiger partial charge >= 0.3 is 6.03 Å². The van der Waals surface area contributed by atoms with Crippen LogP contribution in [0.15, 0.2) is 12.3 Å². The number of carbonyl (C=O) groups is 1. The Morgan fingerprint density at radius 3 is 2.94 bits per heavy atom. The maximum atomic E-state index is 12.3. The highest BCUT2D eigenvalue weighted by Crippen LogP contribution is 2.26. The Morgan fingerprint density at radius 1 is 1.65 bits per heavy atom. The zero-order valence-electron chi connectivity index (χ0n) is 11.9. The molecular formula is C11H15ClN4O. The molecule has 0 aromatic carbocycles. The second-order valence-corrected chi connectivity index (χ2v) is 4.55. The van der Waals surface area contributed by atoms with Crippen molar-refractivity contribution in [2.75, 3.05) is 18.4 Å². The number of hydrogen-bond acceptors (Lipinski definition) is 3. The van der Waals surface area contributed by atoms with E-state index in [9.17, 15) is 4.79 Å². The highest BCUT2D eigenvalue weighted by atomic mass is 35.5. The van der Waals surface area contributed by atoms with Crippen LogP contribution in [0.3, 0.4) is 0 Å². The molecule has 0 N–H and O–H groups in total. The monoisotopic (exact) mass is 256 g/mol. The van der Waals surface area contributed by atoms with Gasteiger partial charge in [0.2, 0.25) is 5.28 Å². The smallest absolute Gasteiger partial charge is 0.325 e. The van der Waals surface area contributed by atoms with Gasteiger partial charge < -0.3 is 4.90 Å². The molecule has 0 saturated carbocycles. The van der Waals surface area contributed by atoms with Crippen LogP contribution < -0.4 is 4.90 Å². The first-order chi connectivity index (χ1) is 8.76. The molecule has 6 heteroatoms. The summed E-state index contributed by atoms with van der Waals surface area (Å²) >= 11 is 5.74. The Morgan fingerprint density at radius 2 is 2.35 bits per heavy atom. The fraction of sp³-hybridized carbons (Fsp3) is 0.545. The Labute approximate surface area is 108 Å². The molecule has 1 aromatic rings. The van der Waals surface area contributed by atoms with Gasteiger partial charge in [-0.1, -0.05) is 13.8 Å². The maximum Gasteiger partial charge on any atom is 0.325 e. The minimum Gasteiger partial charge on any atom is -0.325 e. The summed E-state index contributed by atoms with van der Waals surface area (Å²) in [5.41, 5.74) is 0. The standard InChI is InChI=1S/C11H15ClN4O/c1-7(2)8-6-15(3)11(17)16(8)9-4-5-13-10(12)14-9/h4-5,7-8H,6H2,1-3H3/i6D2. The zero-order chi connectivity index (χ0) is 14.4. The molecule has 1 fully saturated rings. The van der Waals surface area contributed by atoms with Crippen LogP contribution in [-0.2, 0) is 0 Å². The molecule has 2 heterocycles. The number of anilines is 1. The predicted octanol–water partition coefficient (Wildman–Crippen LogP) is 2.03. The van der Waals surface area contributed by atoms with Crippen LogP contribution in [0.4, 0.5) is 10.6 Å². The summed E-state index contributed by atoms with van der Waals surface area (Å²) < 4.78 is 16.2. The molecule has 0 radical (unpaired) electrons. The van der Waals surface area contributed by atoms with Crippen LogP contribution in [0.2, 0.25) is 5.28 Å². The van der Waals surface area contributed by atoms with E-state index in [0.29, 0.717) is 5.82 Å². The summed E-state index contributed by atoms with van der Waals surface area (Å²) in [5.74, 6) is 0.245. The van der Waals surface area contributed by atoms with Crippen molar-refractivity contribution in [1.29, 1.82) is 0 Å². The van der Waals surface area contributed by atoms with Crippen molar-refractivity contribution in [3.05, 3.63) is 17.5 Å². The van der Waals surface area contributed by atoms with Gasteiger partial charge in [-0.3, -0.25) is 4.90 Å². The summed E-state index contributed by atoms with van der Waals surface area (Å²) in [5, 5.41) is 0.0305. The molecule has 92 valence electrons. The molecule has 5 nitrogen and oxygen atoms in total. The van der Waals surface area contributed by atoms with Gasteiger partial charge in [-0.15, -0.1) is 0 Å². The average molecular weight is 257 g/mol. The van der Waals surface area contributed by atoms with E-state index in [1.807, 2.05) is 13.8 Å². The highest BCUT2D eigenvalue weighted by Gasteiger charge is 2.38. The average Bonchev–Trinajstić information content (AvgIpc) is 2.49. The fourth-order valence-electron chi connectivity index (χ4n) is 1.74. The molecule has 1 aliphatic heterocycles. The third-order valence-corrected chi connectivity index (χ3v) is 2.77. The normalized spacial score (nSPS) is 25.2. The molecule has 0 aliphatic carbocycles. The van der Waals surface area contributed by atoms with E-state index in [2.05, 4.69) is 9.97 Å². The van der Waals surface area contributed by atoms with Crippen LogP contribution >= 0.6 is 11.6 Å². The lowest BCUT2D eigenvalue weighted by Crippen LogP contribution is -2.38. The van der Waals surface area contributed by atoms with Crippen molar-refractivity contribution in [2.24, 2.45) is 5.92 Å². The van der Waals surface area contributed by atoms with E-state index < -0.39 is 18.6 Å². The topological polar surface area (TPSA) is 49.3 Å². The summed E-state index contributed by atoms with van der Waals surface area (Å²) in [6, 6.07) is 0.489. The lowest BCUT2D eigenvalue weighted by molar-refractivity contribution is 0.229. The Balaban J connectivity index is 2.51. The quantitative estimate of drug-likeness (QED) is 0.761. The summed E-state index contributed by atoms with van der Waals surface area (Å²) in [6.45, 7) is 1.97. The SMILES string of the molecule is [2H]C1([2H])C(C(C)C)N(c2ccnc(Cl)n2)C(=O)N1C. The van der Waals surface area contributed by atoms with Gasteiger partial charge in [0.05, 0.1) is 8.78 Å². The number of likely N-dealkylation sites (N-methyl/N-ethyl adjacent to an activating group) is 1. The summed E-state index contributed by atoms with van der Waals surface area (Å²) in [6.07, 6.45) is 1.45. The lowest BCUT2D eigenvalue weighted by atomic mass is 10.0. The van der Waals surface area contributed by atoms with Crippen LogP contribution in [0.5, 0.6) is 0 Å². The van der Waals surface area contributed by atoms with Crippen molar-refractivity contribution in [3.63, 3.8) is 0 Å². The predicted molar refractivity (Wildman–Crippen MR) is 66.2 cm³/mol. The van der Waals surface area contributed by atoms with E-state index >= 15 is 0 Å². The van der Waals surface area contributed by atoms with Crippen LogP contribution in [0.1, 0.15) is 16.6 Å². The molecular weight excluding hydrogens is 240 g/mol. The molecule has 1 saturated heterocycles. The van der Waals surface area contributed by atoms with E-state index in [-0.39, 0.29) is 11.2 Å². The summed E-state index contributed by atoms with van der Waals surface area (Å²) in [4.78, 5) is 22.5. The van der Waals surface area contributed by atoms with Gasteiger partial charge in [-0.2, -0.15) is 0 Å². The van der Waals surface area contributed by atoms with Gasteiger partial charge in [-0.25, -0.2) is 14.8 Å². The second kappa shape index (κ2) is 4.49. The van der Waals surface area contributed by atoms with E-state index in [1.54, 1.807) is 6.07 Å². The van der Waals surface area contributed by atoms with Gasteiger partial charge in [0, 0.05) is 19.7 Å². The number of amides is 2. The number of rotatable bonds is 2. The van der Waals surface area contributed by atoms with Crippen molar-refractivity contribution >= 4 is 23.4 Å². The number of carbonyl (C=O) groups excluding carboxylic acids is 1. The first-order valence-electron chi connectivity index (χ1n) is 6.32. The largest absolute Gasteiger partial charge is 0.325 e. The second-order valence-electron chi connectivity index (χ2n) is 4.21. The minimum atomic E-state index is -1.76. The number of hydrogen-bond donors (Lipinski definition) is 0. The lowest BCUT2D eigenvalue weighted by Gasteiger charge is -2.24. The minimum absolute atomic E-state index is 0.0305. The van der Waals surface area contributed by atoms with Gasteiger partial charge in [-0.05, 0) is 23.6 Å². The van der Waals surface area contributed by atoms with E-state index in [0.717, 1.165) is 4.90 Å². The number of halogens is 1. The van der Waals surface area contributed by atoms with Crippen LogP contribution in [0, 0.1) is 5.92 Å². The Hall–Kier alpha value is -1.36. The number of nitrogens with zero attached hydrogens (tertiary/aromatic N) is 4. The van der Waals surface area contributed by atoms with E-state index in [4.69, 9.17) is 14.3 Å². The first-order valence-corrected chi connectivity index (χ1v) is 5.70. The van der Waals surface area contributed by atoms with Crippen molar-refractivity contribution in [1.82, 2.24) is 14.9 Å². The third-order valence-electron chi connectivity index (χ3n) is 2.59. The Kier molecular flexibility index (Phi) is 2.55. The zero-order valence-corrected chi connectivity index (χ0v) is 10.6. The highest BCUT2D eigenvalue weighted by molar-refractivity contribution is 6.28. The molecule has 17 heavy (non-hydrogen) atoms.